The fourth-order valence-electron chi connectivity index (χ4n) is 4.17. The Morgan fingerprint density at radius 3 is 2.28 bits per heavy atom. The number of ether oxygens (including phenoxy) is 2. The average Bonchev–Trinajstić information content (AvgIpc) is 3.53. The summed E-state index contributed by atoms with van der Waals surface area (Å²) in [5.74, 6) is -0.804. The summed E-state index contributed by atoms with van der Waals surface area (Å²) in [6.07, 6.45) is 0. The summed E-state index contributed by atoms with van der Waals surface area (Å²) in [6.45, 7) is 7.86. The molecule has 2 heterocycles. The van der Waals surface area contributed by atoms with E-state index in [1.54, 1.807) is 19.9 Å². The molecule has 9 heteroatoms. The van der Waals surface area contributed by atoms with Crippen molar-refractivity contribution in [3.8, 4) is 5.75 Å². The van der Waals surface area contributed by atoms with E-state index in [0.29, 0.717) is 17.1 Å². The van der Waals surface area contributed by atoms with Crippen LogP contribution < -0.4 is 15.8 Å². The van der Waals surface area contributed by atoms with Crippen molar-refractivity contribution in [2.24, 2.45) is 5.73 Å². The number of hydrogen-bond donors (Lipinski definition) is 2. The molecule has 0 aliphatic carbocycles. The number of furan rings is 1. The Bertz CT molecular complexity index is 1490. The van der Waals surface area contributed by atoms with Crippen LogP contribution in [-0.4, -0.2) is 24.4 Å². The molecule has 4 aromatic rings. The monoisotopic (exact) mass is 546 g/mol. The highest BCUT2D eigenvalue weighted by molar-refractivity contribution is 7.18. The standard InChI is InChI=1S/C30H30N2O6S/c1-5-36-29(35)24-18(2)25(26(31)33)39-28(24)32-27(34)23-16-15-22(38-23)17-37-21-13-11-20(12-14-21)30(3,4)19-9-7-6-8-10-19/h6-16H,5,17H2,1-4H3,(H2,31,33)(H,32,34). The van der Waals surface area contributed by atoms with E-state index in [9.17, 15) is 14.4 Å². The van der Waals surface area contributed by atoms with Crippen molar-refractivity contribution in [2.45, 2.75) is 39.7 Å². The fourth-order valence-corrected chi connectivity index (χ4v) is 5.21. The maximum absolute atomic E-state index is 12.9. The predicted octanol–water partition coefficient (Wildman–Crippen LogP) is 6.08. The molecule has 2 aromatic carbocycles. The van der Waals surface area contributed by atoms with Crippen molar-refractivity contribution in [3.05, 3.63) is 105 Å². The minimum absolute atomic E-state index is 0.0232. The summed E-state index contributed by atoms with van der Waals surface area (Å²) >= 11 is 0.913. The SMILES string of the molecule is CCOC(=O)c1c(NC(=O)c2ccc(COc3ccc(C(C)(C)c4ccccc4)cc3)o2)sc(C(N)=O)c1C. The van der Waals surface area contributed by atoms with Gasteiger partial charge in [0.05, 0.1) is 17.0 Å². The summed E-state index contributed by atoms with van der Waals surface area (Å²) in [4.78, 5) is 37.3. The van der Waals surface area contributed by atoms with Gasteiger partial charge in [-0.1, -0.05) is 56.3 Å². The number of primary amides is 1. The fraction of sp³-hybridized carbons (Fsp3) is 0.233. The van der Waals surface area contributed by atoms with Crippen LogP contribution in [0.25, 0.3) is 0 Å². The first-order valence-corrected chi connectivity index (χ1v) is 13.2. The Kier molecular flexibility index (Phi) is 8.21. The highest BCUT2D eigenvalue weighted by Gasteiger charge is 2.27. The predicted molar refractivity (Wildman–Crippen MR) is 150 cm³/mol. The number of benzene rings is 2. The van der Waals surface area contributed by atoms with Crippen LogP contribution in [-0.2, 0) is 16.8 Å². The van der Waals surface area contributed by atoms with Gasteiger partial charge in [0.25, 0.3) is 11.8 Å². The minimum atomic E-state index is -0.697. The van der Waals surface area contributed by atoms with Gasteiger partial charge in [0.2, 0.25) is 0 Å². The Hall–Kier alpha value is -4.37. The zero-order valence-electron chi connectivity index (χ0n) is 22.2. The Morgan fingerprint density at radius 2 is 1.64 bits per heavy atom. The number of esters is 1. The van der Waals surface area contributed by atoms with Gasteiger partial charge in [-0.2, -0.15) is 0 Å². The molecule has 0 spiro atoms. The molecule has 0 aliphatic heterocycles. The summed E-state index contributed by atoms with van der Waals surface area (Å²) in [5, 5.41) is 2.80. The molecule has 0 bridgehead atoms. The molecule has 39 heavy (non-hydrogen) atoms. The first-order valence-electron chi connectivity index (χ1n) is 12.4. The van der Waals surface area contributed by atoms with E-state index < -0.39 is 17.8 Å². The zero-order chi connectivity index (χ0) is 28.2. The van der Waals surface area contributed by atoms with E-state index in [4.69, 9.17) is 19.6 Å². The number of thiophene rings is 1. The largest absolute Gasteiger partial charge is 0.486 e. The van der Waals surface area contributed by atoms with Gasteiger partial charge in [-0.15, -0.1) is 11.3 Å². The molecule has 4 rings (SSSR count). The van der Waals surface area contributed by atoms with Gasteiger partial charge >= 0.3 is 5.97 Å². The Morgan fingerprint density at radius 1 is 0.974 bits per heavy atom. The molecule has 0 saturated heterocycles. The van der Waals surface area contributed by atoms with Crippen LogP contribution in [0.5, 0.6) is 5.75 Å². The van der Waals surface area contributed by atoms with Crippen LogP contribution in [0, 0.1) is 6.92 Å². The number of carbonyl (C=O) groups is 3. The lowest BCUT2D eigenvalue weighted by Gasteiger charge is -2.26. The zero-order valence-corrected chi connectivity index (χ0v) is 23.0. The van der Waals surface area contributed by atoms with Crippen LogP contribution in [0.1, 0.15) is 73.8 Å². The summed E-state index contributed by atoms with van der Waals surface area (Å²) in [5.41, 5.74) is 8.10. The van der Waals surface area contributed by atoms with Crippen LogP contribution in [0.2, 0.25) is 0 Å². The second kappa shape index (κ2) is 11.6. The Balaban J connectivity index is 1.42. The molecule has 0 aliphatic rings. The van der Waals surface area contributed by atoms with Gasteiger partial charge in [0, 0.05) is 5.41 Å². The second-order valence-electron chi connectivity index (χ2n) is 9.37. The van der Waals surface area contributed by atoms with Crippen LogP contribution >= 0.6 is 11.3 Å². The molecule has 8 nitrogen and oxygen atoms in total. The van der Waals surface area contributed by atoms with Crippen molar-refractivity contribution in [1.29, 1.82) is 0 Å². The topological polar surface area (TPSA) is 121 Å². The molecule has 2 amide bonds. The van der Waals surface area contributed by atoms with Gasteiger partial charge in [0.15, 0.2) is 5.76 Å². The molecule has 3 N–H and O–H groups in total. The molecule has 0 atom stereocenters. The van der Waals surface area contributed by atoms with E-state index in [0.717, 1.165) is 16.9 Å². The summed E-state index contributed by atoms with van der Waals surface area (Å²) in [7, 11) is 0. The lowest BCUT2D eigenvalue weighted by atomic mass is 9.78. The highest BCUT2D eigenvalue weighted by Crippen LogP contribution is 2.34. The molecule has 2 aromatic heterocycles. The van der Waals surface area contributed by atoms with E-state index in [-0.39, 0.29) is 39.8 Å². The Labute approximate surface area is 230 Å². The van der Waals surface area contributed by atoms with Gasteiger partial charge < -0.3 is 24.9 Å². The summed E-state index contributed by atoms with van der Waals surface area (Å²) in [6, 6.07) is 21.3. The number of hydrogen-bond acceptors (Lipinski definition) is 7. The second-order valence-corrected chi connectivity index (χ2v) is 10.4. The number of amides is 2. The van der Waals surface area contributed by atoms with E-state index >= 15 is 0 Å². The normalized spacial score (nSPS) is 11.2. The smallest absolute Gasteiger partial charge is 0.341 e. The maximum atomic E-state index is 12.9. The summed E-state index contributed by atoms with van der Waals surface area (Å²) < 4.78 is 16.6. The number of nitrogens with two attached hydrogens (primary N) is 1. The maximum Gasteiger partial charge on any atom is 0.341 e. The van der Waals surface area contributed by atoms with Gasteiger partial charge in [-0.3, -0.25) is 9.59 Å². The van der Waals surface area contributed by atoms with Crippen molar-refractivity contribution in [3.63, 3.8) is 0 Å². The molecule has 0 radical (unpaired) electrons. The van der Waals surface area contributed by atoms with Crippen LogP contribution in [0.4, 0.5) is 5.00 Å². The number of carbonyl (C=O) groups excluding carboxylic acids is 3. The molecule has 0 saturated carbocycles. The van der Waals surface area contributed by atoms with Crippen LogP contribution in [0.3, 0.4) is 0 Å². The first-order chi connectivity index (χ1) is 18.6. The lowest BCUT2D eigenvalue weighted by molar-refractivity contribution is 0.0527. The molecule has 0 fully saturated rings. The average molecular weight is 547 g/mol. The van der Waals surface area contributed by atoms with Crippen molar-refractivity contribution in [1.82, 2.24) is 0 Å². The van der Waals surface area contributed by atoms with Crippen molar-refractivity contribution < 1.29 is 28.3 Å². The number of rotatable bonds is 10. The van der Waals surface area contributed by atoms with Gasteiger partial charge in [-0.05, 0) is 54.8 Å². The molecule has 202 valence electrons. The van der Waals surface area contributed by atoms with E-state index in [2.05, 4.69) is 31.3 Å². The van der Waals surface area contributed by atoms with E-state index in [1.165, 1.54) is 11.6 Å². The van der Waals surface area contributed by atoms with Crippen molar-refractivity contribution >= 4 is 34.1 Å². The number of anilines is 1. The lowest BCUT2D eigenvalue weighted by Crippen LogP contribution is -2.18. The first kappa shape index (κ1) is 27.7. The minimum Gasteiger partial charge on any atom is -0.486 e. The molecule has 0 unspecified atom stereocenters. The van der Waals surface area contributed by atoms with Crippen LogP contribution in [0.15, 0.2) is 71.1 Å². The third kappa shape index (κ3) is 6.04. The van der Waals surface area contributed by atoms with E-state index in [1.807, 2.05) is 42.5 Å². The van der Waals surface area contributed by atoms with Crippen molar-refractivity contribution in [2.75, 3.05) is 11.9 Å². The molecular weight excluding hydrogens is 516 g/mol. The van der Waals surface area contributed by atoms with Gasteiger partial charge in [-0.25, -0.2) is 4.79 Å². The molecular formula is C30H30N2O6S. The number of nitrogens with one attached hydrogen (secondary N) is 1. The quantitative estimate of drug-likeness (QED) is 0.233. The third-order valence-corrected chi connectivity index (χ3v) is 7.64. The highest BCUT2D eigenvalue weighted by atomic mass is 32.1. The third-order valence-electron chi connectivity index (χ3n) is 6.42. The van der Waals surface area contributed by atoms with Gasteiger partial charge in [0.1, 0.15) is 23.1 Å².